The van der Waals surface area contributed by atoms with Crippen LogP contribution >= 0.6 is 11.6 Å². The number of halogens is 1. The predicted octanol–water partition coefficient (Wildman–Crippen LogP) is 1.32. The van der Waals surface area contributed by atoms with E-state index >= 15 is 0 Å². The van der Waals surface area contributed by atoms with Crippen molar-refractivity contribution >= 4 is 23.3 Å². The molecule has 1 aromatic rings. The molecule has 70 valence electrons. The lowest BCUT2D eigenvalue weighted by molar-refractivity contribution is 0.259. The third kappa shape index (κ3) is 2.61. The number of hydrogen-bond acceptors (Lipinski definition) is 2. The first-order chi connectivity index (χ1) is 6.13. The van der Waals surface area contributed by atoms with E-state index in [0.717, 1.165) is 0 Å². The smallest absolute Gasteiger partial charge is 0.316 e. The van der Waals surface area contributed by atoms with Crippen molar-refractivity contribution in [1.82, 2.24) is 0 Å². The predicted molar refractivity (Wildman–Crippen MR) is 50.6 cm³/mol. The molecule has 0 aliphatic rings. The van der Waals surface area contributed by atoms with Crippen LogP contribution < -0.4 is 11.1 Å². The zero-order chi connectivity index (χ0) is 9.84. The number of carbonyl (C=O) groups excluding carboxylic acids is 1. The topological polar surface area (TPSA) is 75.4 Å². The van der Waals surface area contributed by atoms with Gasteiger partial charge < -0.3 is 16.2 Å². The van der Waals surface area contributed by atoms with Gasteiger partial charge in [0.05, 0.1) is 6.61 Å². The van der Waals surface area contributed by atoms with Gasteiger partial charge in [-0.3, -0.25) is 0 Å². The zero-order valence-corrected chi connectivity index (χ0v) is 7.51. The molecule has 1 aromatic carbocycles. The SMILES string of the molecule is NC(=O)Nc1ccc(CO)c(Cl)c1. The van der Waals surface area contributed by atoms with Crippen molar-refractivity contribution in [3.8, 4) is 0 Å². The number of carbonyl (C=O) groups is 1. The number of nitrogens with one attached hydrogen (secondary N) is 1. The molecule has 0 fully saturated rings. The molecular weight excluding hydrogens is 192 g/mol. The van der Waals surface area contributed by atoms with Gasteiger partial charge in [-0.1, -0.05) is 17.7 Å². The first kappa shape index (κ1) is 9.83. The fraction of sp³-hybridized carbons (Fsp3) is 0.125. The number of hydrogen-bond donors (Lipinski definition) is 3. The molecule has 13 heavy (non-hydrogen) atoms. The minimum Gasteiger partial charge on any atom is -0.392 e. The Hall–Kier alpha value is -1.26. The van der Waals surface area contributed by atoms with Crippen molar-refractivity contribution in [3.63, 3.8) is 0 Å². The Morgan fingerprint density at radius 3 is 2.77 bits per heavy atom. The van der Waals surface area contributed by atoms with Gasteiger partial charge in [0.25, 0.3) is 0 Å². The molecule has 0 radical (unpaired) electrons. The Morgan fingerprint density at radius 1 is 1.62 bits per heavy atom. The fourth-order valence-electron chi connectivity index (χ4n) is 0.896. The molecule has 0 aliphatic carbocycles. The molecule has 5 heteroatoms. The highest BCUT2D eigenvalue weighted by Crippen LogP contribution is 2.20. The van der Waals surface area contributed by atoms with Crippen molar-refractivity contribution in [1.29, 1.82) is 0 Å². The lowest BCUT2D eigenvalue weighted by Gasteiger charge is -2.04. The quantitative estimate of drug-likeness (QED) is 0.674. The highest BCUT2D eigenvalue weighted by molar-refractivity contribution is 6.31. The Balaban J connectivity index is 2.89. The summed E-state index contributed by atoms with van der Waals surface area (Å²) in [7, 11) is 0. The Bertz CT molecular complexity index is 328. The van der Waals surface area contributed by atoms with E-state index < -0.39 is 6.03 Å². The number of nitrogens with two attached hydrogens (primary N) is 1. The maximum Gasteiger partial charge on any atom is 0.316 e. The van der Waals surface area contributed by atoms with E-state index in [0.29, 0.717) is 16.3 Å². The summed E-state index contributed by atoms with van der Waals surface area (Å²) in [4.78, 5) is 10.5. The molecule has 0 atom stereocenters. The molecule has 4 N–H and O–H groups in total. The van der Waals surface area contributed by atoms with Crippen LogP contribution in [0.3, 0.4) is 0 Å². The standard InChI is InChI=1S/C8H9ClN2O2/c9-7-3-6(11-8(10)13)2-1-5(7)4-12/h1-3,12H,4H2,(H3,10,11,13). The van der Waals surface area contributed by atoms with E-state index in [4.69, 9.17) is 22.4 Å². The lowest BCUT2D eigenvalue weighted by Crippen LogP contribution is -2.19. The van der Waals surface area contributed by atoms with Gasteiger partial charge in [0, 0.05) is 10.7 Å². The summed E-state index contributed by atoms with van der Waals surface area (Å²) in [6.45, 7) is -0.129. The molecule has 2 amide bonds. The molecule has 0 saturated heterocycles. The molecular formula is C8H9ClN2O2. The van der Waals surface area contributed by atoms with Crippen LogP contribution in [-0.4, -0.2) is 11.1 Å². The number of rotatable bonds is 2. The summed E-state index contributed by atoms with van der Waals surface area (Å²) >= 11 is 5.76. The molecule has 4 nitrogen and oxygen atoms in total. The van der Waals surface area contributed by atoms with Gasteiger partial charge in [0.2, 0.25) is 0 Å². The number of aliphatic hydroxyl groups excluding tert-OH is 1. The molecule has 0 aromatic heterocycles. The van der Waals surface area contributed by atoms with Crippen LogP contribution in [0.1, 0.15) is 5.56 Å². The molecule has 1 rings (SSSR count). The maximum absolute atomic E-state index is 10.5. The summed E-state index contributed by atoms with van der Waals surface area (Å²) < 4.78 is 0. The van der Waals surface area contributed by atoms with Gasteiger partial charge in [-0.15, -0.1) is 0 Å². The minimum absolute atomic E-state index is 0.129. The van der Waals surface area contributed by atoms with Gasteiger partial charge in [0.1, 0.15) is 0 Å². The minimum atomic E-state index is -0.646. The average Bonchev–Trinajstić information content (AvgIpc) is 2.03. The first-order valence-electron chi connectivity index (χ1n) is 3.59. The summed E-state index contributed by atoms with van der Waals surface area (Å²) in [5.41, 5.74) is 6.02. The maximum atomic E-state index is 10.5. The first-order valence-corrected chi connectivity index (χ1v) is 3.97. The van der Waals surface area contributed by atoms with Gasteiger partial charge in [-0.05, 0) is 17.7 Å². The number of aliphatic hydroxyl groups is 1. The largest absolute Gasteiger partial charge is 0.392 e. The molecule has 0 aliphatic heterocycles. The second kappa shape index (κ2) is 4.11. The highest BCUT2D eigenvalue weighted by atomic mass is 35.5. The number of anilines is 1. The number of amides is 2. The summed E-state index contributed by atoms with van der Waals surface area (Å²) in [5, 5.41) is 11.6. The zero-order valence-electron chi connectivity index (χ0n) is 6.75. The Labute approximate surface area is 80.3 Å². The van der Waals surface area contributed by atoms with E-state index in [1.807, 2.05) is 0 Å². The van der Waals surface area contributed by atoms with Gasteiger partial charge in [0.15, 0.2) is 0 Å². The van der Waals surface area contributed by atoms with Crippen LogP contribution in [0, 0.1) is 0 Å². The van der Waals surface area contributed by atoms with E-state index in [-0.39, 0.29) is 6.61 Å². The van der Waals surface area contributed by atoms with Crippen LogP contribution in [0.15, 0.2) is 18.2 Å². The van der Waals surface area contributed by atoms with Gasteiger partial charge in [-0.2, -0.15) is 0 Å². The monoisotopic (exact) mass is 200 g/mol. The van der Waals surface area contributed by atoms with E-state index in [9.17, 15) is 4.79 Å². The summed E-state index contributed by atoms with van der Waals surface area (Å²) in [6.07, 6.45) is 0. The molecule has 0 bridgehead atoms. The van der Waals surface area contributed by atoms with E-state index in [1.54, 1.807) is 12.1 Å². The van der Waals surface area contributed by atoms with Crippen LogP contribution in [0.4, 0.5) is 10.5 Å². The lowest BCUT2D eigenvalue weighted by atomic mass is 10.2. The second-order valence-corrected chi connectivity index (χ2v) is 2.86. The fourth-order valence-corrected chi connectivity index (χ4v) is 1.14. The third-order valence-electron chi connectivity index (χ3n) is 1.49. The number of benzene rings is 1. The van der Waals surface area contributed by atoms with Crippen LogP contribution in [-0.2, 0) is 6.61 Å². The van der Waals surface area contributed by atoms with Crippen LogP contribution in [0.25, 0.3) is 0 Å². The molecule has 0 saturated carbocycles. The second-order valence-electron chi connectivity index (χ2n) is 2.45. The summed E-state index contributed by atoms with van der Waals surface area (Å²) in [5.74, 6) is 0. The molecule has 0 spiro atoms. The van der Waals surface area contributed by atoms with Crippen molar-refractivity contribution in [2.24, 2.45) is 5.73 Å². The van der Waals surface area contributed by atoms with Crippen molar-refractivity contribution < 1.29 is 9.90 Å². The number of urea groups is 1. The Kier molecular flexibility index (Phi) is 3.11. The van der Waals surface area contributed by atoms with Crippen molar-refractivity contribution in [3.05, 3.63) is 28.8 Å². The average molecular weight is 201 g/mol. The van der Waals surface area contributed by atoms with Crippen LogP contribution in [0.5, 0.6) is 0 Å². The van der Waals surface area contributed by atoms with Crippen LogP contribution in [0.2, 0.25) is 5.02 Å². The molecule has 0 unspecified atom stereocenters. The summed E-state index contributed by atoms with van der Waals surface area (Å²) in [6, 6.07) is 4.11. The normalized spacial score (nSPS) is 9.69. The van der Waals surface area contributed by atoms with Gasteiger partial charge >= 0.3 is 6.03 Å². The van der Waals surface area contributed by atoms with Gasteiger partial charge in [-0.25, -0.2) is 4.79 Å². The highest BCUT2D eigenvalue weighted by Gasteiger charge is 2.01. The number of primary amides is 1. The van der Waals surface area contributed by atoms with Crippen molar-refractivity contribution in [2.75, 3.05) is 5.32 Å². The van der Waals surface area contributed by atoms with E-state index in [1.165, 1.54) is 6.07 Å². The molecule has 0 heterocycles. The van der Waals surface area contributed by atoms with E-state index in [2.05, 4.69) is 5.32 Å². The van der Waals surface area contributed by atoms with Crippen molar-refractivity contribution in [2.45, 2.75) is 6.61 Å². The third-order valence-corrected chi connectivity index (χ3v) is 1.84. The Morgan fingerprint density at radius 2 is 2.31 bits per heavy atom.